The van der Waals surface area contributed by atoms with Gasteiger partial charge < -0.3 is 19.3 Å². The normalized spacial score (nSPS) is 17.9. The Kier molecular flexibility index (Phi) is 9.55. The Morgan fingerprint density at radius 2 is 1.78 bits per heavy atom. The van der Waals surface area contributed by atoms with Crippen LogP contribution in [0.1, 0.15) is 47.7 Å². The second kappa shape index (κ2) is 14.3. The van der Waals surface area contributed by atoms with Gasteiger partial charge in [-0.15, -0.1) is 10.2 Å². The number of aliphatic hydroxyl groups is 1. The quantitative estimate of drug-likeness (QED) is 0.0481. The van der Waals surface area contributed by atoms with E-state index in [4.69, 9.17) is 14.2 Å². The molecule has 2 aliphatic rings. The molecule has 0 unspecified atom stereocenters. The van der Waals surface area contributed by atoms with E-state index in [1.807, 2.05) is 44.2 Å². The smallest absolute Gasteiger partial charge is 0.301 e. The molecule has 2 atom stereocenters. The molecular formula is C38H32FN3O6S2. The van der Waals surface area contributed by atoms with Gasteiger partial charge in [0.25, 0.3) is 5.78 Å². The zero-order valence-electron chi connectivity index (χ0n) is 27.2. The average molecular weight is 710 g/mol. The van der Waals surface area contributed by atoms with E-state index in [9.17, 15) is 19.1 Å². The zero-order valence-corrected chi connectivity index (χ0v) is 28.8. The summed E-state index contributed by atoms with van der Waals surface area (Å²) in [6, 6.07) is 25.3. The largest absolute Gasteiger partial charge is 0.507 e. The van der Waals surface area contributed by atoms with Gasteiger partial charge in [-0.3, -0.25) is 14.5 Å². The Labute approximate surface area is 296 Å². The van der Waals surface area contributed by atoms with Gasteiger partial charge >= 0.3 is 5.91 Å². The van der Waals surface area contributed by atoms with Gasteiger partial charge in [0, 0.05) is 17.7 Å². The van der Waals surface area contributed by atoms with Crippen molar-refractivity contribution < 1.29 is 33.3 Å². The topological polar surface area (TPSA) is 111 Å². The second-order valence-corrected chi connectivity index (χ2v) is 14.0. The molecule has 1 fully saturated rings. The summed E-state index contributed by atoms with van der Waals surface area (Å²) >= 11 is 2.53. The number of fused-ring (bicyclic) bond motifs is 1. The molecule has 12 heteroatoms. The van der Waals surface area contributed by atoms with Crippen LogP contribution in [0, 0.1) is 5.82 Å². The van der Waals surface area contributed by atoms with Crippen molar-refractivity contribution >= 4 is 45.7 Å². The lowest BCUT2D eigenvalue weighted by Crippen LogP contribution is -2.29. The van der Waals surface area contributed by atoms with E-state index in [2.05, 4.69) is 10.2 Å². The summed E-state index contributed by atoms with van der Waals surface area (Å²) < 4.78 is 31.9. The molecule has 4 aromatic carbocycles. The van der Waals surface area contributed by atoms with Crippen molar-refractivity contribution in [2.24, 2.45) is 0 Å². The summed E-state index contributed by atoms with van der Waals surface area (Å²) in [7, 11) is 0. The fraction of sp³-hybridized carbons (Fsp3) is 0.211. The van der Waals surface area contributed by atoms with Crippen LogP contribution in [0.4, 0.5) is 9.52 Å². The predicted octanol–water partition coefficient (Wildman–Crippen LogP) is 7.90. The number of rotatable bonds is 11. The number of aliphatic hydroxyl groups excluding tert-OH is 1. The van der Waals surface area contributed by atoms with Crippen molar-refractivity contribution in [2.75, 3.05) is 11.5 Å². The number of amides is 1. The van der Waals surface area contributed by atoms with Crippen LogP contribution < -0.4 is 19.1 Å². The molecule has 1 saturated heterocycles. The van der Waals surface area contributed by atoms with Gasteiger partial charge in [0.1, 0.15) is 30.0 Å². The van der Waals surface area contributed by atoms with Crippen LogP contribution in [0.15, 0.2) is 101 Å². The van der Waals surface area contributed by atoms with E-state index in [1.54, 1.807) is 48.5 Å². The second-order valence-electron chi connectivity index (χ2n) is 11.8. The van der Waals surface area contributed by atoms with Crippen LogP contribution in [0.2, 0.25) is 0 Å². The summed E-state index contributed by atoms with van der Waals surface area (Å²) in [6.07, 6.45) is 0.639. The highest BCUT2D eigenvalue weighted by Gasteiger charge is 2.48. The van der Waals surface area contributed by atoms with Gasteiger partial charge in [0.05, 0.1) is 18.2 Å². The SMILES string of the molecule is CCOc1cc([C@H]2C(=C(O)c3ccc4c(c3)C[C@@H](C)O4)C(=O)C(=O)N2c2nnc(SCc3ccc(F)cc3)s2)ccc1OCc1ccccc1. The molecule has 1 aromatic heterocycles. The van der Waals surface area contributed by atoms with Crippen molar-refractivity contribution in [1.29, 1.82) is 0 Å². The number of anilines is 1. The Bertz CT molecular complexity index is 2090. The highest BCUT2D eigenvalue weighted by Crippen LogP contribution is 2.46. The molecule has 0 radical (unpaired) electrons. The van der Waals surface area contributed by atoms with Crippen LogP contribution in [-0.4, -0.2) is 39.7 Å². The first-order valence-corrected chi connectivity index (χ1v) is 17.8. The number of carbonyl (C=O) groups is 2. The van der Waals surface area contributed by atoms with Crippen LogP contribution in [0.25, 0.3) is 5.76 Å². The highest BCUT2D eigenvalue weighted by molar-refractivity contribution is 8.00. The van der Waals surface area contributed by atoms with Gasteiger partial charge in [-0.1, -0.05) is 71.6 Å². The average Bonchev–Trinajstić information content (AvgIpc) is 3.82. The van der Waals surface area contributed by atoms with Crippen LogP contribution in [0.5, 0.6) is 17.2 Å². The minimum Gasteiger partial charge on any atom is -0.507 e. The summed E-state index contributed by atoms with van der Waals surface area (Å²) in [5.74, 6) is -0.200. The molecule has 2 aliphatic heterocycles. The number of ether oxygens (including phenoxy) is 3. The number of nitrogens with zero attached hydrogens (tertiary/aromatic N) is 3. The molecule has 5 aromatic rings. The summed E-state index contributed by atoms with van der Waals surface area (Å²) in [5.41, 5.74) is 3.59. The van der Waals surface area contributed by atoms with Gasteiger partial charge in [-0.25, -0.2) is 4.39 Å². The number of Topliss-reactive ketones (excluding diaryl/α,β-unsaturated/α-hetero) is 1. The Hall–Kier alpha value is -5.20. The molecule has 254 valence electrons. The number of halogens is 1. The van der Waals surface area contributed by atoms with Crippen LogP contribution in [0.3, 0.4) is 0 Å². The fourth-order valence-corrected chi connectivity index (χ4v) is 7.79. The minimum absolute atomic E-state index is 0.0138. The van der Waals surface area contributed by atoms with Gasteiger partial charge in [-0.2, -0.15) is 0 Å². The predicted molar refractivity (Wildman–Crippen MR) is 189 cm³/mol. The number of hydrogen-bond acceptors (Lipinski definition) is 10. The molecule has 1 N–H and O–H groups in total. The third kappa shape index (κ3) is 6.81. The summed E-state index contributed by atoms with van der Waals surface area (Å²) in [4.78, 5) is 29.0. The third-order valence-electron chi connectivity index (χ3n) is 8.31. The monoisotopic (exact) mass is 709 g/mol. The van der Waals surface area contributed by atoms with E-state index in [0.717, 1.165) is 33.8 Å². The molecule has 0 aliphatic carbocycles. The van der Waals surface area contributed by atoms with Crippen molar-refractivity contribution in [3.05, 3.63) is 130 Å². The number of carbonyl (C=O) groups excluding carboxylic acids is 2. The van der Waals surface area contributed by atoms with E-state index >= 15 is 0 Å². The van der Waals surface area contributed by atoms with E-state index in [0.29, 0.717) is 52.4 Å². The maximum atomic E-state index is 13.9. The fourth-order valence-electron chi connectivity index (χ4n) is 5.97. The lowest BCUT2D eigenvalue weighted by Gasteiger charge is -2.24. The lowest BCUT2D eigenvalue weighted by molar-refractivity contribution is -0.132. The minimum atomic E-state index is -1.05. The van der Waals surface area contributed by atoms with E-state index in [-0.39, 0.29) is 28.4 Å². The Morgan fingerprint density at radius 3 is 2.56 bits per heavy atom. The summed E-state index contributed by atoms with van der Waals surface area (Å²) in [6.45, 7) is 4.46. The maximum Gasteiger partial charge on any atom is 0.301 e. The molecule has 0 saturated carbocycles. The summed E-state index contributed by atoms with van der Waals surface area (Å²) in [5, 5.41) is 20.6. The molecular weight excluding hydrogens is 678 g/mol. The van der Waals surface area contributed by atoms with Gasteiger partial charge in [0.2, 0.25) is 5.13 Å². The maximum absolute atomic E-state index is 13.9. The van der Waals surface area contributed by atoms with Crippen LogP contribution >= 0.6 is 23.1 Å². The van der Waals surface area contributed by atoms with Crippen molar-refractivity contribution in [3.63, 3.8) is 0 Å². The number of ketones is 1. The van der Waals surface area contributed by atoms with Gasteiger partial charge in [-0.05, 0) is 78.6 Å². The lowest BCUT2D eigenvalue weighted by atomic mass is 9.94. The first kappa shape index (κ1) is 33.3. The zero-order chi connectivity index (χ0) is 34.8. The third-order valence-corrected chi connectivity index (χ3v) is 10.4. The highest BCUT2D eigenvalue weighted by atomic mass is 32.2. The first-order valence-electron chi connectivity index (χ1n) is 16.0. The van der Waals surface area contributed by atoms with Gasteiger partial charge in [0.15, 0.2) is 15.8 Å². The van der Waals surface area contributed by atoms with E-state index in [1.165, 1.54) is 28.8 Å². The van der Waals surface area contributed by atoms with Crippen LogP contribution in [-0.2, 0) is 28.4 Å². The van der Waals surface area contributed by atoms with E-state index < -0.39 is 17.7 Å². The molecule has 0 spiro atoms. The molecule has 1 amide bonds. The number of hydrogen-bond donors (Lipinski definition) is 1. The Balaban J connectivity index is 1.27. The molecule has 9 nitrogen and oxygen atoms in total. The van der Waals surface area contributed by atoms with Crippen molar-refractivity contribution in [1.82, 2.24) is 10.2 Å². The number of thioether (sulfide) groups is 1. The molecule has 50 heavy (non-hydrogen) atoms. The first-order chi connectivity index (χ1) is 24.3. The molecule has 3 heterocycles. The van der Waals surface area contributed by atoms with Crippen molar-refractivity contribution in [3.8, 4) is 17.2 Å². The molecule has 7 rings (SSSR count). The standard InChI is InChI=1S/C38H32FN3O6S2/c1-3-46-31-19-25(11-16-30(31)47-20-23-7-5-4-6-8-23)33-32(34(43)26-12-15-29-27(18-26)17-22(2)48-29)35(44)36(45)42(33)37-40-41-38(50-37)49-21-24-9-13-28(39)14-10-24/h4-16,18-19,22,33,43H,3,17,20-21H2,1-2H3/t22-,33+/m1/s1. The number of benzene rings is 4. The Morgan fingerprint density at radius 1 is 0.980 bits per heavy atom. The van der Waals surface area contributed by atoms with Crippen molar-refractivity contribution in [2.45, 2.75) is 49.1 Å². The number of aromatic nitrogens is 2. The molecule has 0 bridgehead atoms.